The molecule has 0 bridgehead atoms. The average molecular weight is 615 g/mol. The molecule has 0 radical (unpaired) electrons. The Hall–Kier alpha value is -1.88. The van der Waals surface area contributed by atoms with Crippen molar-refractivity contribution in [3.63, 3.8) is 0 Å². The Kier molecular flexibility index (Phi) is 27.2. The number of aryl methyl sites for hydroxylation is 1. The maximum Gasteiger partial charge on any atom is 0.311 e. The Morgan fingerprint density at radius 3 is 1.70 bits per heavy atom. The summed E-state index contributed by atoms with van der Waals surface area (Å²) < 4.78 is 5.53. The number of ether oxygens (including phenoxy) is 1. The van der Waals surface area contributed by atoms with Gasteiger partial charge in [0.1, 0.15) is 5.75 Å². The van der Waals surface area contributed by atoms with E-state index in [1.807, 2.05) is 12.1 Å². The maximum absolute atomic E-state index is 12.2. The first-order chi connectivity index (χ1) is 21.6. The number of amides is 1. The van der Waals surface area contributed by atoms with Crippen molar-refractivity contribution in [1.82, 2.24) is 10.2 Å². The van der Waals surface area contributed by atoms with E-state index in [0.29, 0.717) is 18.6 Å². The van der Waals surface area contributed by atoms with Crippen LogP contribution in [0.15, 0.2) is 24.3 Å². The Balaban J connectivity index is 1.97. The number of hydrogen-bond acceptors (Lipinski definition) is 4. The molecule has 1 rings (SSSR count). The van der Waals surface area contributed by atoms with Gasteiger partial charge in [-0.15, -0.1) is 0 Å². The molecule has 0 aromatic heterocycles. The number of rotatable bonds is 31. The summed E-state index contributed by atoms with van der Waals surface area (Å²) in [6, 6.07) is 8.03. The predicted octanol–water partition coefficient (Wildman–Crippen LogP) is 10.6. The van der Waals surface area contributed by atoms with Gasteiger partial charge in [0.05, 0.1) is 0 Å². The number of nitrogens with zero attached hydrogens (tertiary/aromatic N) is 1. The highest BCUT2D eigenvalue weighted by Gasteiger charge is 2.07. The second-order valence-electron chi connectivity index (χ2n) is 12.9. The molecule has 1 aromatic carbocycles. The lowest BCUT2D eigenvalue weighted by molar-refractivity contribution is -0.134. The highest BCUT2D eigenvalue weighted by atomic mass is 16.5. The molecule has 1 aromatic rings. The van der Waals surface area contributed by atoms with Gasteiger partial charge in [0, 0.05) is 19.4 Å². The van der Waals surface area contributed by atoms with E-state index in [1.165, 1.54) is 128 Å². The number of carbonyl (C=O) groups is 2. The van der Waals surface area contributed by atoms with Gasteiger partial charge in [-0.2, -0.15) is 0 Å². The van der Waals surface area contributed by atoms with Crippen LogP contribution >= 0.6 is 0 Å². The zero-order chi connectivity index (χ0) is 31.9. The predicted molar refractivity (Wildman–Crippen MR) is 188 cm³/mol. The molecule has 0 aliphatic carbocycles. The van der Waals surface area contributed by atoms with Crippen molar-refractivity contribution in [2.75, 3.05) is 26.2 Å². The molecule has 0 saturated carbocycles. The second kappa shape index (κ2) is 29.8. The smallest absolute Gasteiger partial charge is 0.311 e. The van der Waals surface area contributed by atoms with Crippen molar-refractivity contribution in [3.05, 3.63) is 29.8 Å². The van der Waals surface area contributed by atoms with E-state index in [2.05, 4.69) is 43.1 Å². The third kappa shape index (κ3) is 24.4. The molecule has 1 amide bonds. The molecule has 0 spiro atoms. The molecule has 5 heteroatoms. The molecule has 5 nitrogen and oxygen atoms in total. The van der Waals surface area contributed by atoms with Crippen LogP contribution in [0, 0.1) is 0 Å². The van der Waals surface area contributed by atoms with E-state index in [4.69, 9.17) is 4.74 Å². The van der Waals surface area contributed by atoms with Gasteiger partial charge in [-0.25, -0.2) is 0 Å². The van der Waals surface area contributed by atoms with E-state index < -0.39 is 0 Å². The Morgan fingerprint density at radius 1 is 0.568 bits per heavy atom. The fourth-order valence-corrected chi connectivity index (χ4v) is 5.82. The monoisotopic (exact) mass is 615 g/mol. The van der Waals surface area contributed by atoms with Crippen molar-refractivity contribution < 1.29 is 14.3 Å². The topological polar surface area (TPSA) is 58.6 Å². The Morgan fingerprint density at radius 2 is 1.09 bits per heavy atom. The van der Waals surface area contributed by atoms with Gasteiger partial charge < -0.3 is 15.0 Å². The first-order valence-electron chi connectivity index (χ1n) is 18.9. The molecule has 0 fully saturated rings. The van der Waals surface area contributed by atoms with Crippen molar-refractivity contribution in [2.24, 2.45) is 0 Å². The van der Waals surface area contributed by atoms with Gasteiger partial charge >= 0.3 is 5.97 Å². The van der Waals surface area contributed by atoms with Crippen LogP contribution in [-0.2, 0) is 16.0 Å². The number of esters is 1. The van der Waals surface area contributed by atoms with Gasteiger partial charge in [0.2, 0.25) is 5.91 Å². The minimum Gasteiger partial charge on any atom is -0.427 e. The highest BCUT2D eigenvalue weighted by molar-refractivity contribution is 5.75. The first-order valence-corrected chi connectivity index (χ1v) is 18.9. The Labute approximate surface area is 272 Å². The molecule has 0 saturated heterocycles. The molecule has 0 aliphatic rings. The van der Waals surface area contributed by atoms with Gasteiger partial charge in [0.15, 0.2) is 0 Å². The van der Waals surface area contributed by atoms with E-state index >= 15 is 0 Å². The summed E-state index contributed by atoms with van der Waals surface area (Å²) in [5.41, 5.74) is 1.32. The molecule has 0 aliphatic heterocycles. The van der Waals surface area contributed by atoms with Gasteiger partial charge in [-0.1, -0.05) is 123 Å². The molecule has 254 valence electrons. The van der Waals surface area contributed by atoms with Crippen LogP contribution in [0.25, 0.3) is 0 Å². The van der Waals surface area contributed by atoms with Crippen LogP contribution < -0.4 is 10.1 Å². The SMILES string of the molecule is CCCCCCCCCNC(=O)CCCCCCCN(CCC)CCCCCCCC(=O)Oc1ccc(CCCCC)cc1. The summed E-state index contributed by atoms with van der Waals surface area (Å²) in [5.74, 6) is 0.797. The fourth-order valence-electron chi connectivity index (χ4n) is 5.82. The lowest BCUT2D eigenvalue weighted by atomic mass is 10.1. The molecule has 0 unspecified atom stereocenters. The van der Waals surface area contributed by atoms with Crippen LogP contribution in [-0.4, -0.2) is 43.0 Å². The number of carbonyl (C=O) groups excluding carboxylic acids is 2. The van der Waals surface area contributed by atoms with Crippen LogP contribution in [0.1, 0.15) is 174 Å². The van der Waals surface area contributed by atoms with E-state index in [9.17, 15) is 9.59 Å². The van der Waals surface area contributed by atoms with Gasteiger partial charge in [-0.05, 0) is 88.7 Å². The summed E-state index contributed by atoms with van der Waals surface area (Å²) in [6.45, 7) is 11.2. The van der Waals surface area contributed by atoms with Gasteiger partial charge in [-0.3, -0.25) is 9.59 Å². The maximum atomic E-state index is 12.2. The van der Waals surface area contributed by atoms with Crippen molar-refractivity contribution in [2.45, 2.75) is 175 Å². The zero-order valence-corrected chi connectivity index (χ0v) is 29.3. The van der Waals surface area contributed by atoms with Crippen LogP contribution in [0.3, 0.4) is 0 Å². The van der Waals surface area contributed by atoms with Gasteiger partial charge in [0.25, 0.3) is 0 Å². The third-order valence-electron chi connectivity index (χ3n) is 8.60. The summed E-state index contributed by atoms with van der Waals surface area (Å²) in [6.07, 6.45) is 27.8. The largest absolute Gasteiger partial charge is 0.427 e. The second-order valence-corrected chi connectivity index (χ2v) is 12.9. The van der Waals surface area contributed by atoms with Crippen molar-refractivity contribution in [3.8, 4) is 5.75 Å². The zero-order valence-electron chi connectivity index (χ0n) is 29.3. The fraction of sp³-hybridized carbons (Fsp3) is 0.795. The molecular weight excluding hydrogens is 544 g/mol. The van der Waals surface area contributed by atoms with Crippen molar-refractivity contribution >= 4 is 11.9 Å². The summed E-state index contributed by atoms with van der Waals surface area (Å²) in [5, 5.41) is 3.11. The minimum atomic E-state index is -0.111. The standard InChI is InChI=1S/C39H70N2O3/c1-4-7-9-10-11-16-22-32-40-38(42)26-20-14-12-17-23-34-41(33-6-3)35-24-18-13-15-21-27-39(43)44-37-30-28-36(29-31-37)25-19-8-5-2/h28-31H,4-27,32-35H2,1-3H3,(H,40,42). The highest BCUT2D eigenvalue weighted by Crippen LogP contribution is 2.16. The van der Waals surface area contributed by atoms with E-state index in [1.54, 1.807) is 0 Å². The summed E-state index contributed by atoms with van der Waals surface area (Å²) in [7, 11) is 0. The molecular formula is C39H70N2O3. The van der Waals surface area contributed by atoms with Crippen LogP contribution in [0.5, 0.6) is 5.75 Å². The third-order valence-corrected chi connectivity index (χ3v) is 8.60. The Bertz CT molecular complexity index is 795. The first kappa shape index (κ1) is 40.1. The lowest BCUT2D eigenvalue weighted by Gasteiger charge is -2.21. The van der Waals surface area contributed by atoms with E-state index in [0.717, 1.165) is 45.1 Å². The quantitative estimate of drug-likeness (QED) is 0.0513. The van der Waals surface area contributed by atoms with E-state index in [-0.39, 0.29) is 11.9 Å². The van der Waals surface area contributed by atoms with Crippen LogP contribution in [0.4, 0.5) is 0 Å². The molecule has 44 heavy (non-hydrogen) atoms. The normalized spacial score (nSPS) is 11.3. The van der Waals surface area contributed by atoms with Crippen molar-refractivity contribution in [1.29, 1.82) is 0 Å². The number of hydrogen-bond donors (Lipinski definition) is 1. The molecule has 0 atom stereocenters. The molecule has 0 heterocycles. The number of benzene rings is 1. The van der Waals surface area contributed by atoms with Crippen LogP contribution in [0.2, 0.25) is 0 Å². The number of unbranched alkanes of at least 4 members (excludes halogenated alkanes) is 16. The summed E-state index contributed by atoms with van der Waals surface area (Å²) >= 11 is 0. The molecule has 1 N–H and O–H groups in total. The number of nitrogens with one attached hydrogen (secondary N) is 1. The minimum absolute atomic E-state index is 0.111. The summed E-state index contributed by atoms with van der Waals surface area (Å²) in [4.78, 5) is 26.9. The lowest BCUT2D eigenvalue weighted by Crippen LogP contribution is -2.27. The average Bonchev–Trinajstić information content (AvgIpc) is 3.02.